The Morgan fingerprint density at radius 2 is 2.13 bits per heavy atom. The van der Waals surface area contributed by atoms with E-state index in [4.69, 9.17) is 11.1 Å². The predicted octanol–water partition coefficient (Wildman–Crippen LogP) is 1.46. The van der Waals surface area contributed by atoms with Gasteiger partial charge in [-0.3, -0.25) is 9.98 Å². The summed E-state index contributed by atoms with van der Waals surface area (Å²) in [6.45, 7) is 2.01. The van der Waals surface area contributed by atoms with Crippen molar-refractivity contribution in [3.8, 4) is 5.69 Å². The molecule has 0 atom stereocenters. The summed E-state index contributed by atoms with van der Waals surface area (Å²) in [7, 11) is 0. The quantitative estimate of drug-likeness (QED) is 0.569. The van der Waals surface area contributed by atoms with Gasteiger partial charge in [-0.05, 0) is 18.6 Å². The van der Waals surface area contributed by atoms with E-state index in [9.17, 15) is 0 Å². The lowest BCUT2D eigenvalue weighted by molar-refractivity contribution is 1.02. The van der Waals surface area contributed by atoms with Crippen LogP contribution in [0.5, 0.6) is 0 Å². The van der Waals surface area contributed by atoms with Crippen molar-refractivity contribution < 1.29 is 0 Å². The van der Waals surface area contributed by atoms with Crippen LogP contribution in [0.15, 0.2) is 36.8 Å². The SMILES string of the molecule is Cc1ccccc1-n1cncc1C(=N)N. The molecule has 4 heteroatoms. The largest absolute Gasteiger partial charge is 0.382 e. The highest BCUT2D eigenvalue weighted by molar-refractivity contribution is 5.93. The lowest BCUT2D eigenvalue weighted by Gasteiger charge is -2.09. The number of nitrogens with zero attached hydrogens (tertiary/aromatic N) is 2. The predicted molar refractivity (Wildman–Crippen MR) is 59.3 cm³/mol. The minimum Gasteiger partial charge on any atom is -0.382 e. The van der Waals surface area contributed by atoms with Gasteiger partial charge in [-0.25, -0.2) is 4.98 Å². The van der Waals surface area contributed by atoms with Gasteiger partial charge < -0.3 is 5.73 Å². The number of hydrogen-bond donors (Lipinski definition) is 2. The molecule has 0 aliphatic rings. The van der Waals surface area contributed by atoms with Crippen molar-refractivity contribution in [1.82, 2.24) is 9.55 Å². The molecular formula is C11H12N4. The first-order valence-corrected chi connectivity index (χ1v) is 4.63. The Balaban J connectivity index is 2.59. The first kappa shape index (κ1) is 9.45. The van der Waals surface area contributed by atoms with Crippen LogP contribution in [0.25, 0.3) is 5.69 Å². The van der Waals surface area contributed by atoms with E-state index in [1.165, 1.54) is 0 Å². The van der Waals surface area contributed by atoms with Crippen molar-refractivity contribution in [2.24, 2.45) is 5.73 Å². The fourth-order valence-corrected chi connectivity index (χ4v) is 1.52. The number of nitrogen functional groups attached to an aromatic ring is 1. The number of rotatable bonds is 2. The van der Waals surface area contributed by atoms with E-state index in [0.717, 1.165) is 11.3 Å². The molecule has 2 rings (SSSR count). The summed E-state index contributed by atoms with van der Waals surface area (Å²) >= 11 is 0. The molecular weight excluding hydrogens is 188 g/mol. The third kappa shape index (κ3) is 1.61. The minimum absolute atomic E-state index is 0.0238. The van der Waals surface area contributed by atoms with Crippen LogP contribution in [-0.2, 0) is 0 Å². The molecule has 0 aliphatic heterocycles. The molecule has 0 spiro atoms. The van der Waals surface area contributed by atoms with Crippen LogP contribution < -0.4 is 5.73 Å². The number of nitrogens with two attached hydrogens (primary N) is 1. The number of imidazole rings is 1. The molecule has 0 saturated carbocycles. The van der Waals surface area contributed by atoms with Gasteiger partial charge in [0.25, 0.3) is 0 Å². The zero-order valence-electron chi connectivity index (χ0n) is 8.44. The van der Waals surface area contributed by atoms with Gasteiger partial charge in [-0.15, -0.1) is 0 Å². The highest BCUT2D eigenvalue weighted by Gasteiger charge is 2.07. The Morgan fingerprint density at radius 3 is 2.80 bits per heavy atom. The fraction of sp³-hybridized carbons (Fsp3) is 0.0909. The highest BCUT2D eigenvalue weighted by atomic mass is 15.1. The summed E-state index contributed by atoms with van der Waals surface area (Å²) < 4.78 is 1.82. The van der Waals surface area contributed by atoms with Gasteiger partial charge >= 0.3 is 0 Å². The van der Waals surface area contributed by atoms with Crippen LogP contribution >= 0.6 is 0 Å². The molecule has 1 aromatic carbocycles. The van der Waals surface area contributed by atoms with Gasteiger partial charge in [0.05, 0.1) is 18.2 Å². The number of amidine groups is 1. The average molecular weight is 200 g/mol. The minimum atomic E-state index is 0.0238. The van der Waals surface area contributed by atoms with E-state index in [-0.39, 0.29) is 5.84 Å². The number of aromatic nitrogens is 2. The number of para-hydroxylation sites is 1. The molecule has 0 bridgehead atoms. The van der Waals surface area contributed by atoms with E-state index < -0.39 is 0 Å². The molecule has 0 unspecified atom stereocenters. The molecule has 1 heterocycles. The summed E-state index contributed by atoms with van der Waals surface area (Å²) in [5, 5.41) is 7.43. The zero-order valence-corrected chi connectivity index (χ0v) is 8.44. The van der Waals surface area contributed by atoms with E-state index >= 15 is 0 Å². The maximum Gasteiger partial charge on any atom is 0.141 e. The van der Waals surface area contributed by atoms with Gasteiger partial charge in [-0.1, -0.05) is 18.2 Å². The van der Waals surface area contributed by atoms with E-state index in [1.807, 2.05) is 35.8 Å². The van der Waals surface area contributed by atoms with Crippen LogP contribution in [0.2, 0.25) is 0 Å². The maximum atomic E-state index is 7.43. The second-order valence-corrected chi connectivity index (χ2v) is 3.35. The van der Waals surface area contributed by atoms with Crippen molar-refractivity contribution in [2.75, 3.05) is 0 Å². The van der Waals surface area contributed by atoms with Gasteiger partial charge in [0.2, 0.25) is 0 Å². The smallest absolute Gasteiger partial charge is 0.141 e. The Hall–Kier alpha value is -2.10. The van der Waals surface area contributed by atoms with Gasteiger partial charge in [0, 0.05) is 0 Å². The molecule has 3 N–H and O–H groups in total. The van der Waals surface area contributed by atoms with Crippen molar-refractivity contribution in [3.05, 3.63) is 48.0 Å². The van der Waals surface area contributed by atoms with E-state index in [0.29, 0.717) is 5.69 Å². The van der Waals surface area contributed by atoms with Gasteiger partial charge in [0.1, 0.15) is 11.5 Å². The van der Waals surface area contributed by atoms with Crippen molar-refractivity contribution in [1.29, 1.82) is 5.41 Å². The number of benzene rings is 1. The molecule has 0 radical (unpaired) electrons. The fourth-order valence-electron chi connectivity index (χ4n) is 1.52. The lowest BCUT2D eigenvalue weighted by Crippen LogP contribution is -2.16. The summed E-state index contributed by atoms with van der Waals surface area (Å²) in [5.74, 6) is 0.0238. The second-order valence-electron chi connectivity index (χ2n) is 3.35. The van der Waals surface area contributed by atoms with Gasteiger partial charge in [-0.2, -0.15) is 0 Å². The first-order chi connectivity index (χ1) is 7.20. The van der Waals surface area contributed by atoms with Crippen molar-refractivity contribution >= 4 is 5.84 Å². The van der Waals surface area contributed by atoms with Crippen LogP contribution in [-0.4, -0.2) is 15.4 Å². The van der Waals surface area contributed by atoms with E-state index in [1.54, 1.807) is 12.5 Å². The first-order valence-electron chi connectivity index (χ1n) is 4.63. The Morgan fingerprint density at radius 1 is 1.40 bits per heavy atom. The molecule has 0 aliphatic carbocycles. The molecule has 76 valence electrons. The van der Waals surface area contributed by atoms with Crippen LogP contribution in [0.1, 0.15) is 11.3 Å². The van der Waals surface area contributed by atoms with Crippen LogP contribution in [0.3, 0.4) is 0 Å². The third-order valence-electron chi connectivity index (χ3n) is 2.29. The second kappa shape index (κ2) is 3.57. The summed E-state index contributed by atoms with van der Waals surface area (Å²) in [6, 6.07) is 7.91. The average Bonchev–Trinajstić information content (AvgIpc) is 2.67. The number of aryl methyl sites for hydroxylation is 1. The highest BCUT2D eigenvalue weighted by Crippen LogP contribution is 2.15. The number of hydrogen-bond acceptors (Lipinski definition) is 2. The van der Waals surface area contributed by atoms with Crippen LogP contribution in [0.4, 0.5) is 0 Å². The Kier molecular flexibility index (Phi) is 2.25. The molecule has 0 amide bonds. The molecule has 0 saturated heterocycles. The zero-order chi connectivity index (χ0) is 10.8. The summed E-state index contributed by atoms with van der Waals surface area (Å²) in [5.41, 5.74) is 8.21. The van der Waals surface area contributed by atoms with Crippen LogP contribution in [0, 0.1) is 12.3 Å². The van der Waals surface area contributed by atoms with Crippen molar-refractivity contribution in [3.63, 3.8) is 0 Å². The molecule has 4 nitrogen and oxygen atoms in total. The molecule has 15 heavy (non-hydrogen) atoms. The maximum absolute atomic E-state index is 7.43. The monoisotopic (exact) mass is 200 g/mol. The lowest BCUT2D eigenvalue weighted by atomic mass is 10.2. The van der Waals surface area contributed by atoms with E-state index in [2.05, 4.69) is 4.98 Å². The number of nitrogens with one attached hydrogen (secondary N) is 1. The Bertz CT molecular complexity index is 499. The summed E-state index contributed by atoms with van der Waals surface area (Å²) in [6.07, 6.45) is 3.26. The molecule has 1 aromatic heterocycles. The standard InChI is InChI=1S/C11H12N4/c1-8-4-2-3-5-9(8)15-7-14-6-10(15)11(12)13/h2-7H,1H3,(H3,12,13). The summed E-state index contributed by atoms with van der Waals surface area (Å²) in [4.78, 5) is 4.00. The normalized spacial score (nSPS) is 10.2. The van der Waals surface area contributed by atoms with Gasteiger partial charge in [0.15, 0.2) is 0 Å². The Labute approximate surface area is 87.9 Å². The van der Waals surface area contributed by atoms with Crippen molar-refractivity contribution in [2.45, 2.75) is 6.92 Å². The topological polar surface area (TPSA) is 67.7 Å². The molecule has 2 aromatic rings. The molecule has 0 fully saturated rings. The third-order valence-corrected chi connectivity index (χ3v) is 2.29.